The number of anilines is 3. The highest BCUT2D eigenvalue weighted by molar-refractivity contribution is 7.80. The van der Waals surface area contributed by atoms with Crippen LogP contribution in [0.1, 0.15) is 31.2 Å². The number of nitrogens with one attached hydrogen (secondary N) is 3. The van der Waals surface area contributed by atoms with Crippen LogP contribution in [-0.4, -0.2) is 36.3 Å². The number of halogens is 1. The average Bonchev–Trinajstić information content (AvgIpc) is 2.76. The topological polar surface area (TPSA) is 52.2 Å². The zero-order valence-electron chi connectivity index (χ0n) is 18.8. The summed E-state index contributed by atoms with van der Waals surface area (Å²) in [5.41, 5.74) is 3.84. The molecule has 32 heavy (non-hydrogen) atoms. The molecule has 3 N–H and O–H groups in total. The Morgan fingerprint density at radius 1 is 1.03 bits per heavy atom. The molecule has 0 unspecified atom stereocenters. The predicted molar refractivity (Wildman–Crippen MR) is 136 cm³/mol. The third-order valence-corrected chi connectivity index (χ3v) is 6.25. The zero-order chi connectivity index (χ0) is 22.7. The second-order valence-electron chi connectivity index (χ2n) is 8.69. The minimum Gasteiger partial charge on any atom is -0.377 e. The number of pyridine rings is 1. The maximum absolute atomic E-state index is 13.3. The Labute approximate surface area is 194 Å². The van der Waals surface area contributed by atoms with Gasteiger partial charge >= 0.3 is 0 Å². The van der Waals surface area contributed by atoms with Crippen LogP contribution in [0, 0.1) is 12.7 Å². The van der Waals surface area contributed by atoms with Crippen molar-refractivity contribution in [2.45, 2.75) is 44.7 Å². The van der Waals surface area contributed by atoms with Crippen molar-refractivity contribution in [3.8, 4) is 0 Å². The van der Waals surface area contributed by atoms with Crippen molar-refractivity contribution in [1.82, 2.24) is 10.3 Å². The molecule has 5 nitrogen and oxygen atoms in total. The quantitative estimate of drug-likeness (QED) is 0.448. The second-order valence-corrected chi connectivity index (χ2v) is 9.10. The zero-order valence-corrected chi connectivity index (χ0v) is 19.6. The van der Waals surface area contributed by atoms with E-state index < -0.39 is 0 Å². The number of rotatable bonds is 5. The fourth-order valence-electron chi connectivity index (χ4n) is 4.30. The van der Waals surface area contributed by atoms with Gasteiger partial charge in [0, 0.05) is 49.0 Å². The number of fused-ring (bicyclic) bond motifs is 1. The molecule has 0 aliphatic heterocycles. The molecule has 1 saturated carbocycles. The highest BCUT2D eigenvalue weighted by Crippen LogP contribution is 2.29. The first-order valence-corrected chi connectivity index (χ1v) is 11.5. The lowest BCUT2D eigenvalue weighted by Gasteiger charge is -2.31. The van der Waals surface area contributed by atoms with Crippen LogP contribution in [0.15, 0.2) is 48.5 Å². The lowest BCUT2D eigenvalue weighted by atomic mass is 9.91. The van der Waals surface area contributed by atoms with Gasteiger partial charge < -0.3 is 20.9 Å². The molecule has 0 amide bonds. The van der Waals surface area contributed by atoms with Crippen molar-refractivity contribution in [3.05, 3.63) is 59.9 Å². The molecule has 4 rings (SSSR count). The lowest BCUT2D eigenvalue weighted by molar-refractivity contribution is 0.388. The molecule has 0 atom stereocenters. The van der Waals surface area contributed by atoms with E-state index in [1.54, 1.807) is 6.07 Å². The van der Waals surface area contributed by atoms with Crippen LogP contribution in [0.2, 0.25) is 0 Å². The molecular formula is C25H30FN5S. The van der Waals surface area contributed by atoms with Crippen LogP contribution in [0.5, 0.6) is 0 Å². The Hall–Kier alpha value is -2.93. The van der Waals surface area contributed by atoms with Gasteiger partial charge in [-0.1, -0.05) is 18.2 Å². The fraction of sp³-hybridized carbons (Fsp3) is 0.360. The van der Waals surface area contributed by atoms with Gasteiger partial charge in [0.1, 0.15) is 11.6 Å². The average molecular weight is 452 g/mol. The van der Waals surface area contributed by atoms with Crippen molar-refractivity contribution in [1.29, 1.82) is 0 Å². The van der Waals surface area contributed by atoms with Gasteiger partial charge in [0.15, 0.2) is 5.11 Å². The maximum atomic E-state index is 13.3. The summed E-state index contributed by atoms with van der Waals surface area (Å²) in [6.07, 6.45) is 4.13. The Bertz CT molecular complexity index is 1110. The molecule has 2 aromatic carbocycles. The van der Waals surface area contributed by atoms with E-state index in [1.807, 2.05) is 13.0 Å². The van der Waals surface area contributed by atoms with E-state index in [1.165, 1.54) is 17.8 Å². The monoisotopic (exact) mass is 451 g/mol. The van der Waals surface area contributed by atoms with E-state index >= 15 is 0 Å². The Balaban J connectivity index is 1.32. The molecule has 0 radical (unpaired) electrons. The number of aryl methyl sites for hydroxylation is 1. The van der Waals surface area contributed by atoms with E-state index in [0.717, 1.165) is 53.7 Å². The van der Waals surface area contributed by atoms with Gasteiger partial charge in [-0.25, -0.2) is 9.37 Å². The molecule has 1 heterocycles. The normalized spacial score (nSPS) is 18.2. The lowest BCUT2D eigenvalue weighted by Crippen LogP contribution is -2.42. The van der Waals surface area contributed by atoms with Crippen LogP contribution in [-0.2, 0) is 0 Å². The van der Waals surface area contributed by atoms with Gasteiger partial charge in [0.25, 0.3) is 0 Å². The summed E-state index contributed by atoms with van der Waals surface area (Å²) in [7, 11) is 4.12. The number of para-hydroxylation sites is 1. The largest absolute Gasteiger partial charge is 0.377 e. The van der Waals surface area contributed by atoms with Crippen molar-refractivity contribution in [2.24, 2.45) is 0 Å². The number of hydrogen-bond donors (Lipinski definition) is 3. The van der Waals surface area contributed by atoms with E-state index in [-0.39, 0.29) is 5.82 Å². The summed E-state index contributed by atoms with van der Waals surface area (Å²) >= 11 is 5.48. The van der Waals surface area contributed by atoms with Crippen LogP contribution < -0.4 is 20.9 Å². The molecule has 0 bridgehead atoms. The summed E-state index contributed by atoms with van der Waals surface area (Å²) < 4.78 is 13.3. The number of thiocarbonyl (C=S) groups is 1. The summed E-state index contributed by atoms with van der Waals surface area (Å²) in [4.78, 5) is 6.96. The first kappa shape index (κ1) is 22.3. The first-order valence-electron chi connectivity index (χ1n) is 11.1. The molecule has 168 valence electrons. The standard InChI is InChI=1S/C25H30FN5S/c1-16-14-17(26)8-13-21(16)30-25(32)28-19-11-9-18(10-12-19)27-24-15-23(31(2)3)20-6-4-5-7-22(20)29-24/h4-8,13-15,18-19H,9-12H2,1-3H3,(H,27,29)(H2,28,30,32)/t18-,19+. The molecule has 7 heteroatoms. The van der Waals surface area contributed by atoms with E-state index in [2.05, 4.69) is 59.2 Å². The van der Waals surface area contributed by atoms with Gasteiger partial charge in [-0.05, 0) is 74.7 Å². The molecule has 0 saturated heterocycles. The Morgan fingerprint density at radius 3 is 2.47 bits per heavy atom. The Kier molecular flexibility index (Phi) is 6.74. The summed E-state index contributed by atoms with van der Waals surface area (Å²) in [5.74, 6) is 0.684. The van der Waals surface area contributed by atoms with Gasteiger partial charge in [0.2, 0.25) is 0 Å². The predicted octanol–water partition coefficient (Wildman–Crippen LogP) is 5.46. The minimum atomic E-state index is -0.239. The second kappa shape index (κ2) is 9.69. The maximum Gasteiger partial charge on any atom is 0.171 e. The smallest absolute Gasteiger partial charge is 0.171 e. The van der Waals surface area contributed by atoms with E-state index in [9.17, 15) is 4.39 Å². The summed E-state index contributed by atoms with van der Waals surface area (Å²) in [5, 5.41) is 12.0. The van der Waals surface area contributed by atoms with Crippen molar-refractivity contribution >= 4 is 45.4 Å². The van der Waals surface area contributed by atoms with Crippen molar-refractivity contribution in [2.75, 3.05) is 29.6 Å². The molecule has 1 aromatic heterocycles. The summed E-state index contributed by atoms with van der Waals surface area (Å²) in [6, 6.07) is 15.8. The minimum absolute atomic E-state index is 0.239. The number of nitrogens with zero attached hydrogens (tertiary/aromatic N) is 2. The Morgan fingerprint density at radius 2 is 1.75 bits per heavy atom. The van der Waals surface area contributed by atoms with Gasteiger partial charge in [-0.15, -0.1) is 0 Å². The molecule has 0 spiro atoms. The van der Waals surface area contributed by atoms with Crippen molar-refractivity contribution < 1.29 is 4.39 Å². The van der Waals surface area contributed by atoms with Crippen LogP contribution in [0.25, 0.3) is 10.9 Å². The van der Waals surface area contributed by atoms with Gasteiger partial charge in [-0.2, -0.15) is 0 Å². The molecule has 1 aliphatic rings. The number of aromatic nitrogens is 1. The summed E-state index contributed by atoms with van der Waals surface area (Å²) in [6.45, 7) is 1.87. The molecule has 1 aliphatic carbocycles. The van der Waals surface area contributed by atoms with E-state index in [0.29, 0.717) is 17.2 Å². The molecule has 1 fully saturated rings. The molecule has 3 aromatic rings. The highest BCUT2D eigenvalue weighted by Gasteiger charge is 2.22. The third-order valence-electron chi connectivity index (χ3n) is 6.03. The number of benzene rings is 2. The van der Waals surface area contributed by atoms with Gasteiger partial charge in [-0.3, -0.25) is 0 Å². The van der Waals surface area contributed by atoms with Crippen LogP contribution in [0.4, 0.5) is 21.6 Å². The highest BCUT2D eigenvalue weighted by atomic mass is 32.1. The van der Waals surface area contributed by atoms with Crippen LogP contribution in [0.3, 0.4) is 0 Å². The van der Waals surface area contributed by atoms with Crippen LogP contribution >= 0.6 is 12.2 Å². The molecular weight excluding hydrogens is 421 g/mol. The van der Waals surface area contributed by atoms with Crippen molar-refractivity contribution in [3.63, 3.8) is 0 Å². The third kappa shape index (κ3) is 5.27. The SMILES string of the molecule is Cc1cc(F)ccc1NC(=S)N[C@H]1CC[C@@H](Nc2cc(N(C)C)c3ccccc3n2)CC1. The van der Waals surface area contributed by atoms with Gasteiger partial charge in [0.05, 0.1) is 5.52 Å². The fourth-order valence-corrected chi connectivity index (χ4v) is 4.58. The number of hydrogen-bond acceptors (Lipinski definition) is 4. The first-order chi connectivity index (χ1) is 15.4. The van der Waals surface area contributed by atoms with E-state index in [4.69, 9.17) is 17.2 Å².